The lowest BCUT2D eigenvalue weighted by Gasteiger charge is -2.22. The average Bonchev–Trinajstić information content (AvgIpc) is 2.65. The zero-order chi connectivity index (χ0) is 17.0. The number of urea groups is 1. The molecule has 0 saturated carbocycles. The highest BCUT2D eigenvalue weighted by Crippen LogP contribution is 2.21. The second-order valence-electron chi connectivity index (χ2n) is 5.48. The van der Waals surface area contributed by atoms with E-state index in [4.69, 9.17) is 4.74 Å². The molecule has 0 aliphatic carbocycles. The number of anilines is 2. The maximum atomic E-state index is 13.9. The predicted octanol–water partition coefficient (Wildman–Crippen LogP) is 1.84. The first-order valence-electron chi connectivity index (χ1n) is 7.19. The first kappa shape index (κ1) is 17.5. The number of nitrogens with zero attached hydrogens (tertiary/aromatic N) is 1. The molecule has 1 saturated heterocycles. The van der Waals surface area contributed by atoms with Crippen LogP contribution < -0.4 is 10.0 Å². The van der Waals surface area contributed by atoms with Gasteiger partial charge in [0.05, 0.1) is 23.7 Å². The summed E-state index contributed by atoms with van der Waals surface area (Å²) in [6.45, 7) is 3.36. The van der Waals surface area contributed by atoms with E-state index in [2.05, 4.69) is 10.0 Å². The molecule has 1 aliphatic rings. The van der Waals surface area contributed by atoms with E-state index in [9.17, 15) is 17.6 Å². The Morgan fingerprint density at radius 1 is 1.43 bits per heavy atom. The molecule has 1 fully saturated rings. The first-order valence-corrected chi connectivity index (χ1v) is 9.08. The maximum absolute atomic E-state index is 13.9. The van der Waals surface area contributed by atoms with Gasteiger partial charge in [-0.05, 0) is 31.5 Å². The Hall–Kier alpha value is -1.87. The van der Waals surface area contributed by atoms with Gasteiger partial charge in [-0.15, -0.1) is 0 Å². The van der Waals surface area contributed by atoms with Gasteiger partial charge in [0.25, 0.3) is 0 Å². The van der Waals surface area contributed by atoms with E-state index in [-0.39, 0.29) is 17.5 Å². The van der Waals surface area contributed by atoms with Gasteiger partial charge in [0.2, 0.25) is 10.0 Å². The van der Waals surface area contributed by atoms with Gasteiger partial charge in [-0.1, -0.05) is 0 Å². The van der Waals surface area contributed by atoms with E-state index >= 15 is 0 Å². The van der Waals surface area contributed by atoms with Gasteiger partial charge >= 0.3 is 6.03 Å². The lowest BCUT2D eigenvalue weighted by molar-refractivity contribution is 0.0718. The molecule has 1 aliphatic heterocycles. The van der Waals surface area contributed by atoms with Crippen LogP contribution in [0.15, 0.2) is 18.2 Å². The van der Waals surface area contributed by atoms with Gasteiger partial charge in [-0.25, -0.2) is 17.6 Å². The van der Waals surface area contributed by atoms with Gasteiger partial charge in [-0.2, -0.15) is 0 Å². The van der Waals surface area contributed by atoms with Crippen molar-refractivity contribution >= 4 is 27.4 Å². The number of benzene rings is 1. The van der Waals surface area contributed by atoms with E-state index in [1.807, 2.05) is 6.92 Å². The molecule has 1 atom stereocenters. The highest BCUT2D eigenvalue weighted by molar-refractivity contribution is 7.92. The van der Waals surface area contributed by atoms with Crippen LogP contribution in [0.5, 0.6) is 0 Å². The topological polar surface area (TPSA) is 87.7 Å². The van der Waals surface area contributed by atoms with Crippen LogP contribution in [-0.2, 0) is 14.8 Å². The van der Waals surface area contributed by atoms with Crippen molar-refractivity contribution in [1.82, 2.24) is 4.90 Å². The summed E-state index contributed by atoms with van der Waals surface area (Å²) in [5, 5.41) is 2.48. The van der Waals surface area contributed by atoms with Crippen molar-refractivity contribution in [2.75, 3.05) is 36.0 Å². The summed E-state index contributed by atoms with van der Waals surface area (Å²) in [5.41, 5.74) is 0.0956. The minimum atomic E-state index is -3.48. The zero-order valence-corrected chi connectivity index (χ0v) is 13.8. The molecule has 0 bridgehead atoms. The van der Waals surface area contributed by atoms with Crippen molar-refractivity contribution in [2.45, 2.75) is 19.4 Å². The standard InChI is InChI=1S/C14H20FN3O4S/c1-10-9-18(6-3-7-22-10)14(19)16-13-8-11(4-5-12(13)15)17-23(2,20)21/h4-5,8,10,17H,3,6-7,9H2,1-2H3,(H,16,19). The first-order chi connectivity index (χ1) is 10.7. The molecular weight excluding hydrogens is 325 g/mol. The zero-order valence-electron chi connectivity index (χ0n) is 13.0. The molecule has 2 amide bonds. The Morgan fingerprint density at radius 3 is 2.87 bits per heavy atom. The number of nitrogens with one attached hydrogen (secondary N) is 2. The van der Waals surface area contributed by atoms with Crippen LogP contribution >= 0.6 is 0 Å². The molecular formula is C14H20FN3O4S. The molecule has 23 heavy (non-hydrogen) atoms. The molecule has 2 N–H and O–H groups in total. The third-order valence-corrected chi connectivity index (χ3v) is 3.86. The normalized spacial score (nSPS) is 19.1. The molecule has 1 aromatic carbocycles. The van der Waals surface area contributed by atoms with E-state index in [0.29, 0.717) is 26.1 Å². The Kier molecular flexibility index (Phi) is 5.42. The summed E-state index contributed by atoms with van der Waals surface area (Å²) >= 11 is 0. The minimum absolute atomic E-state index is 0.0820. The highest BCUT2D eigenvalue weighted by Gasteiger charge is 2.21. The summed E-state index contributed by atoms with van der Waals surface area (Å²) in [6, 6.07) is 3.18. The molecule has 0 aromatic heterocycles. The molecule has 1 aromatic rings. The molecule has 0 radical (unpaired) electrons. The summed E-state index contributed by atoms with van der Waals surface area (Å²) in [4.78, 5) is 13.8. The Balaban J connectivity index is 2.11. The van der Waals surface area contributed by atoms with Crippen LogP contribution in [0.25, 0.3) is 0 Å². The fraction of sp³-hybridized carbons (Fsp3) is 0.500. The van der Waals surface area contributed by atoms with Crippen LogP contribution in [-0.4, -0.2) is 51.4 Å². The van der Waals surface area contributed by atoms with Crippen molar-refractivity contribution in [3.63, 3.8) is 0 Å². The van der Waals surface area contributed by atoms with E-state index in [0.717, 1.165) is 12.3 Å². The molecule has 0 spiro atoms. The molecule has 9 heteroatoms. The number of hydrogen-bond donors (Lipinski definition) is 2. The number of ether oxygens (including phenoxy) is 1. The quantitative estimate of drug-likeness (QED) is 0.875. The second-order valence-corrected chi connectivity index (χ2v) is 7.23. The summed E-state index contributed by atoms with van der Waals surface area (Å²) < 4.78 is 44.0. The van der Waals surface area contributed by atoms with Crippen molar-refractivity contribution in [3.8, 4) is 0 Å². The van der Waals surface area contributed by atoms with Crippen molar-refractivity contribution in [3.05, 3.63) is 24.0 Å². The number of sulfonamides is 1. The van der Waals surface area contributed by atoms with Crippen molar-refractivity contribution < 1.29 is 22.3 Å². The summed E-state index contributed by atoms with van der Waals surface area (Å²) in [5.74, 6) is -0.642. The number of halogens is 1. The Bertz CT molecular complexity index is 681. The van der Waals surface area contributed by atoms with E-state index in [1.54, 1.807) is 4.90 Å². The SMILES string of the molecule is CC1CN(C(=O)Nc2cc(NS(C)(=O)=O)ccc2F)CCCO1. The smallest absolute Gasteiger partial charge is 0.322 e. The van der Waals surface area contributed by atoms with E-state index in [1.165, 1.54) is 12.1 Å². The van der Waals surface area contributed by atoms with Gasteiger partial charge in [0.15, 0.2) is 0 Å². The van der Waals surface area contributed by atoms with Gasteiger partial charge in [-0.3, -0.25) is 4.72 Å². The fourth-order valence-corrected chi connectivity index (χ4v) is 2.83. The maximum Gasteiger partial charge on any atom is 0.322 e. The molecule has 7 nitrogen and oxygen atoms in total. The molecule has 128 valence electrons. The number of hydrogen-bond acceptors (Lipinski definition) is 4. The number of rotatable bonds is 3. The predicted molar refractivity (Wildman–Crippen MR) is 85.5 cm³/mol. The number of carbonyl (C=O) groups is 1. The average molecular weight is 345 g/mol. The van der Waals surface area contributed by atoms with Gasteiger partial charge < -0.3 is 15.0 Å². The summed E-state index contributed by atoms with van der Waals surface area (Å²) in [6.07, 6.45) is 1.61. The van der Waals surface area contributed by atoms with Crippen molar-refractivity contribution in [1.29, 1.82) is 0 Å². The van der Waals surface area contributed by atoms with Crippen LogP contribution in [0.4, 0.5) is 20.6 Å². The van der Waals surface area contributed by atoms with Crippen LogP contribution in [0.2, 0.25) is 0 Å². The lowest BCUT2D eigenvalue weighted by Crippen LogP contribution is -2.39. The van der Waals surface area contributed by atoms with Crippen LogP contribution in [0, 0.1) is 5.82 Å². The van der Waals surface area contributed by atoms with Gasteiger partial charge in [0, 0.05) is 19.7 Å². The monoisotopic (exact) mass is 345 g/mol. The highest BCUT2D eigenvalue weighted by atomic mass is 32.2. The Labute approximate surface area is 134 Å². The lowest BCUT2D eigenvalue weighted by atomic mass is 10.2. The van der Waals surface area contributed by atoms with Crippen LogP contribution in [0.3, 0.4) is 0 Å². The fourth-order valence-electron chi connectivity index (χ4n) is 2.27. The summed E-state index contributed by atoms with van der Waals surface area (Å²) in [7, 11) is -3.48. The number of carbonyl (C=O) groups excluding carboxylic acids is 1. The molecule has 1 unspecified atom stereocenters. The van der Waals surface area contributed by atoms with Crippen molar-refractivity contribution in [2.24, 2.45) is 0 Å². The van der Waals surface area contributed by atoms with Crippen LogP contribution in [0.1, 0.15) is 13.3 Å². The van der Waals surface area contributed by atoms with E-state index < -0.39 is 21.9 Å². The number of amides is 2. The third kappa shape index (κ3) is 5.36. The minimum Gasteiger partial charge on any atom is -0.377 e. The third-order valence-electron chi connectivity index (χ3n) is 3.25. The second kappa shape index (κ2) is 7.14. The Morgan fingerprint density at radius 2 is 2.17 bits per heavy atom. The molecule has 2 rings (SSSR count). The van der Waals surface area contributed by atoms with Gasteiger partial charge in [0.1, 0.15) is 5.82 Å². The largest absolute Gasteiger partial charge is 0.377 e. The molecule has 1 heterocycles.